The molecule has 1 heterocycles. The van der Waals surface area contributed by atoms with Crippen LogP contribution in [-0.4, -0.2) is 4.98 Å². The molecule has 2 aromatic rings. The Morgan fingerprint density at radius 2 is 2.33 bits per heavy atom. The van der Waals surface area contributed by atoms with Crippen molar-refractivity contribution in [2.45, 2.75) is 13.3 Å². The lowest BCUT2D eigenvalue weighted by Gasteiger charge is -1.92. The number of rotatable bonds is 1. The molecule has 0 aliphatic rings. The van der Waals surface area contributed by atoms with Crippen molar-refractivity contribution in [2.24, 2.45) is 0 Å². The molecule has 3 heteroatoms. The van der Waals surface area contributed by atoms with Crippen molar-refractivity contribution in [1.29, 1.82) is 0 Å². The highest BCUT2D eigenvalue weighted by Gasteiger charge is 1.99. The largest absolute Gasteiger partial charge is 0.417 e. The first kappa shape index (κ1) is 7.16. The number of oxazole rings is 1. The molecule has 1 N–H and O–H groups in total. The fourth-order valence-corrected chi connectivity index (χ4v) is 1.22. The van der Waals surface area contributed by atoms with Crippen LogP contribution in [0.2, 0.25) is 0 Å². The molecule has 0 radical (unpaired) electrons. The van der Waals surface area contributed by atoms with Crippen molar-refractivity contribution in [3.63, 3.8) is 0 Å². The maximum absolute atomic E-state index is 10.8. The van der Waals surface area contributed by atoms with Crippen molar-refractivity contribution in [2.75, 3.05) is 0 Å². The van der Waals surface area contributed by atoms with E-state index in [0.29, 0.717) is 5.58 Å². The quantitative estimate of drug-likeness (QED) is 0.695. The first-order valence-electron chi connectivity index (χ1n) is 3.91. The van der Waals surface area contributed by atoms with Crippen LogP contribution in [0, 0.1) is 0 Å². The average molecular weight is 163 g/mol. The Balaban J connectivity index is 2.74. The zero-order chi connectivity index (χ0) is 8.55. The number of hydrogen-bond donors (Lipinski definition) is 1. The van der Waals surface area contributed by atoms with Crippen LogP contribution in [0.25, 0.3) is 11.1 Å². The molecule has 0 spiro atoms. The van der Waals surface area contributed by atoms with E-state index in [1.807, 2.05) is 18.2 Å². The average Bonchev–Trinajstić information content (AvgIpc) is 2.43. The molecule has 0 saturated heterocycles. The molecule has 0 fully saturated rings. The lowest BCUT2D eigenvalue weighted by molar-refractivity contribution is 0.555. The molecule has 3 nitrogen and oxygen atoms in total. The maximum atomic E-state index is 10.8. The molecule has 1 aromatic carbocycles. The molecule has 62 valence electrons. The highest BCUT2D eigenvalue weighted by Crippen LogP contribution is 2.11. The fraction of sp³-hybridized carbons (Fsp3) is 0.222. The normalized spacial score (nSPS) is 10.8. The molecule has 0 saturated carbocycles. The number of hydrogen-bond acceptors (Lipinski definition) is 2. The second-order valence-electron chi connectivity index (χ2n) is 2.70. The summed E-state index contributed by atoms with van der Waals surface area (Å²) in [6.07, 6.45) is 0.961. The molecular formula is C9H9NO2. The molecule has 0 atom stereocenters. The Labute approximate surface area is 69.0 Å². The summed E-state index contributed by atoms with van der Waals surface area (Å²) < 4.78 is 4.86. The Kier molecular flexibility index (Phi) is 1.50. The Hall–Kier alpha value is -1.51. The van der Waals surface area contributed by atoms with Gasteiger partial charge >= 0.3 is 5.76 Å². The third-order valence-corrected chi connectivity index (χ3v) is 1.89. The van der Waals surface area contributed by atoms with Crippen molar-refractivity contribution in [3.05, 3.63) is 34.3 Å². The second kappa shape index (κ2) is 2.52. The lowest BCUT2D eigenvalue weighted by atomic mass is 10.1. The van der Waals surface area contributed by atoms with E-state index in [2.05, 4.69) is 11.9 Å². The van der Waals surface area contributed by atoms with Gasteiger partial charge in [0.15, 0.2) is 5.58 Å². The van der Waals surface area contributed by atoms with Crippen molar-refractivity contribution in [3.8, 4) is 0 Å². The number of aryl methyl sites for hydroxylation is 1. The number of benzene rings is 1. The first-order chi connectivity index (χ1) is 5.79. The van der Waals surface area contributed by atoms with Gasteiger partial charge in [-0.1, -0.05) is 13.0 Å². The number of nitrogens with one attached hydrogen (secondary N) is 1. The Morgan fingerprint density at radius 3 is 3.08 bits per heavy atom. The third kappa shape index (κ3) is 1.03. The zero-order valence-corrected chi connectivity index (χ0v) is 6.76. The highest BCUT2D eigenvalue weighted by molar-refractivity contribution is 5.72. The van der Waals surface area contributed by atoms with E-state index in [4.69, 9.17) is 4.42 Å². The summed E-state index contributed by atoms with van der Waals surface area (Å²) in [4.78, 5) is 13.4. The predicted molar refractivity (Wildman–Crippen MR) is 46.2 cm³/mol. The van der Waals surface area contributed by atoms with Crippen LogP contribution >= 0.6 is 0 Å². The summed E-state index contributed by atoms with van der Waals surface area (Å²) in [5.74, 6) is -0.391. The van der Waals surface area contributed by atoms with Gasteiger partial charge in [-0.3, -0.25) is 4.98 Å². The zero-order valence-electron chi connectivity index (χ0n) is 6.76. The molecule has 12 heavy (non-hydrogen) atoms. The summed E-state index contributed by atoms with van der Waals surface area (Å²) in [5, 5.41) is 0. The van der Waals surface area contributed by atoms with E-state index in [-0.39, 0.29) is 0 Å². The summed E-state index contributed by atoms with van der Waals surface area (Å²) in [6, 6.07) is 5.70. The van der Waals surface area contributed by atoms with Gasteiger partial charge in [0.05, 0.1) is 5.52 Å². The molecule has 0 amide bonds. The van der Waals surface area contributed by atoms with E-state index >= 15 is 0 Å². The summed E-state index contributed by atoms with van der Waals surface area (Å²) >= 11 is 0. The van der Waals surface area contributed by atoms with Gasteiger partial charge < -0.3 is 4.42 Å². The smallest absolute Gasteiger partial charge is 0.408 e. The maximum Gasteiger partial charge on any atom is 0.417 e. The molecule has 0 bridgehead atoms. The molecule has 0 aliphatic heterocycles. The van der Waals surface area contributed by atoms with Crippen molar-refractivity contribution in [1.82, 2.24) is 4.98 Å². The van der Waals surface area contributed by atoms with Gasteiger partial charge in [0, 0.05) is 0 Å². The monoisotopic (exact) mass is 163 g/mol. The Morgan fingerprint density at radius 1 is 1.50 bits per heavy atom. The number of H-pyrrole nitrogens is 1. The fourth-order valence-electron chi connectivity index (χ4n) is 1.22. The standard InChI is InChI=1S/C9H9NO2/c1-2-6-3-4-8-7(5-6)10-9(11)12-8/h3-5H,2H2,1H3,(H,10,11). The van der Waals surface area contributed by atoms with E-state index in [0.717, 1.165) is 11.9 Å². The van der Waals surface area contributed by atoms with Gasteiger partial charge in [0.25, 0.3) is 0 Å². The SMILES string of the molecule is CCc1ccc2oc(=O)[nH]c2c1. The van der Waals surface area contributed by atoms with Crippen LogP contribution in [0.15, 0.2) is 27.4 Å². The van der Waals surface area contributed by atoms with E-state index < -0.39 is 5.76 Å². The third-order valence-electron chi connectivity index (χ3n) is 1.89. The summed E-state index contributed by atoms with van der Waals surface area (Å²) in [7, 11) is 0. The molecule has 0 aliphatic carbocycles. The van der Waals surface area contributed by atoms with Crippen molar-refractivity contribution < 1.29 is 4.42 Å². The molecule has 2 rings (SSSR count). The predicted octanol–water partition coefficient (Wildman–Crippen LogP) is 1.68. The van der Waals surface area contributed by atoms with Crippen LogP contribution in [0.1, 0.15) is 12.5 Å². The van der Waals surface area contributed by atoms with E-state index in [1.165, 1.54) is 5.56 Å². The topological polar surface area (TPSA) is 46.0 Å². The van der Waals surface area contributed by atoms with Gasteiger partial charge in [-0.25, -0.2) is 4.79 Å². The van der Waals surface area contributed by atoms with Gasteiger partial charge in [0.1, 0.15) is 0 Å². The molecule has 0 unspecified atom stereocenters. The number of aromatic nitrogens is 1. The van der Waals surface area contributed by atoms with Crippen LogP contribution in [0.3, 0.4) is 0 Å². The van der Waals surface area contributed by atoms with Crippen LogP contribution in [-0.2, 0) is 6.42 Å². The number of aromatic amines is 1. The minimum atomic E-state index is -0.391. The summed E-state index contributed by atoms with van der Waals surface area (Å²) in [6.45, 7) is 2.07. The molecule has 1 aromatic heterocycles. The van der Waals surface area contributed by atoms with Crippen molar-refractivity contribution >= 4 is 11.1 Å². The van der Waals surface area contributed by atoms with E-state index in [9.17, 15) is 4.79 Å². The van der Waals surface area contributed by atoms with Gasteiger partial charge in [0.2, 0.25) is 0 Å². The van der Waals surface area contributed by atoms with Gasteiger partial charge in [-0.2, -0.15) is 0 Å². The van der Waals surface area contributed by atoms with Crippen LogP contribution in [0.4, 0.5) is 0 Å². The minimum absolute atomic E-state index is 0.391. The van der Waals surface area contributed by atoms with E-state index in [1.54, 1.807) is 0 Å². The van der Waals surface area contributed by atoms with Crippen LogP contribution < -0.4 is 5.76 Å². The first-order valence-corrected chi connectivity index (χ1v) is 3.91. The summed E-state index contributed by atoms with van der Waals surface area (Å²) in [5.41, 5.74) is 2.59. The Bertz CT molecular complexity index is 453. The minimum Gasteiger partial charge on any atom is -0.408 e. The van der Waals surface area contributed by atoms with Gasteiger partial charge in [-0.05, 0) is 24.1 Å². The molecular weight excluding hydrogens is 154 g/mol. The second-order valence-corrected chi connectivity index (χ2v) is 2.70. The van der Waals surface area contributed by atoms with Gasteiger partial charge in [-0.15, -0.1) is 0 Å². The number of fused-ring (bicyclic) bond motifs is 1. The van der Waals surface area contributed by atoms with Crippen LogP contribution in [0.5, 0.6) is 0 Å². The highest BCUT2D eigenvalue weighted by atomic mass is 16.4. The lowest BCUT2D eigenvalue weighted by Crippen LogP contribution is -1.92.